The number of aryl methyl sites for hydroxylation is 2. The minimum Gasteiger partial charge on any atom is -0.323 e. The first-order valence-corrected chi connectivity index (χ1v) is 12.8. The summed E-state index contributed by atoms with van der Waals surface area (Å²) in [4.78, 5) is 39.6. The molecule has 3 aromatic heterocycles. The molecule has 0 atom stereocenters. The Bertz CT molecular complexity index is 1980. The Labute approximate surface area is 230 Å². The number of nitrogens with one attached hydrogen (secondary N) is 2. The molecule has 2 N–H and O–H groups in total. The van der Waals surface area contributed by atoms with E-state index in [2.05, 4.69) is 25.6 Å². The number of rotatable bonds is 5. The zero-order chi connectivity index (χ0) is 27.8. The lowest BCUT2D eigenvalue weighted by Crippen LogP contribution is -2.20. The van der Waals surface area contributed by atoms with Crippen LogP contribution >= 0.6 is 0 Å². The monoisotopic (exact) mass is 526 g/mol. The van der Waals surface area contributed by atoms with Crippen LogP contribution in [0, 0.1) is 13.8 Å². The van der Waals surface area contributed by atoms with Gasteiger partial charge in [-0.2, -0.15) is 0 Å². The van der Waals surface area contributed by atoms with Gasteiger partial charge in [-0.25, -0.2) is 9.97 Å². The fraction of sp³-hybridized carbons (Fsp3) is 0.0938. The number of benzene rings is 3. The lowest BCUT2D eigenvalue weighted by Gasteiger charge is -2.15. The summed E-state index contributed by atoms with van der Waals surface area (Å²) in [7, 11) is 1.72. The number of anilines is 3. The summed E-state index contributed by atoms with van der Waals surface area (Å²) in [6.07, 6.45) is 3.33. The van der Waals surface area contributed by atoms with Crippen molar-refractivity contribution in [3.8, 4) is 11.3 Å². The lowest BCUT2D eigenvalue weighted by atomic mass is 10.0. The maximum Gasteiger partial charge on any atom is 0.277 e. The largest absolute Gasteiger partial charge is 0.323 e. The summed E-state index contributed by atoms with van der Waals surface area (Å²) in [5.41, 5.74) is 5.39. The van der Waals surface area contributed by atoms with Gasteiger partial charge in [0.1, 0.15) is 5.52 Å². The van der Waals surface area contributed by atoms with E-state index in [1.807, 2.05) is 92.7 Å². The predicted molar refractivity (Wildman–Crippen MR) is 159 cm³/mol. The van der Waals surface area contributed by atoms with Gasteiger partial charge in [-0.1, -0.05) is 36.4 Å². The molecule has 0 radical (unpaired) electrons. The van der Waals surface area contributed by atoms with Crippen LogP contribution in [0.15, 0.2) is 96.1 Å². The molecule has 3 heterocycles. The van der Waals surface area contributed by atoms with Gasteiger partial charge in [-0.15, -0.1) is 0 Å². The Morgan fingerprint density at radius 2 is 1.60 bits per heavy atom. The maximum absolute atomic E-state index is 13.4. The highest BCUT2D eigenvalue weighted by Crippen LogP contribution is 2.28. The summed E-state index contributed by atoms with van der Waals surface area (Å²) >= 11 is 0. The zero-order valence-corrected chi connectivity index (χ0v) is 22.3. The molecule has 6 aromatic rings. The van der Waals surface area contributed by atoms with Gasteiger partial charge in [0.2, 0.25) is 5.95 Å². The molecule has 0 saturated heterocycles. The van der Waals surface area contributed by atoms with Gasteiger partial charge in [0.25, 0.3) is 11.5 Å². The van der Waals surface area contributed by atoms with E-state index in [4.69, 9.17) is 0 Å². The van der Waals surface area contributed by atoms with Gasteiger partial charge in [0.05, 0.1) is 17.6 Å². The first-order valence-electron chi connectivity index (χ1n) is 12.8. The summed E-state index contributed by atoms with van der Waals surface area (Å²) in [5.74, 6) is 0.114. The van der Waals surface area contributed by atoms with Crippen LogP contribution in [0.25, 0.3) is 32.9 Å². The highest BCUT2D eigenvalue weighted by atomic mass is 16.1. The van der Waals surface area contributed by atoms with Crippen LogP contribution in [0.4, 0.5) is 17.3 Å². The second-order valence-corrected chi connectivity index (χ2v) is 9.75. The van der Waals surface area contributed by atoms with Crippen LogP contribution < -0.4 is 16.2 Å². The lowest BCUT2D eigenvalue weighted by molar-refractivity contribution is 0.102. The Kier molecular flexibility index (Phi) is 6.28. The van der Waals surface area contributed by atoms with Gasteiger partial charge < -0.3 is 15.2 Å². The molecule has 0 aliphatic heterocycles. The Morgan fingerprint density at radius 1 is 0.800 bits per heavy atom. The van der Waals surface area contributed by atoms with E-state index in [9.17, 15) is 9.59 Å². The molecule has 0 aliphatic rings. The van der Waals surface area contributed by atoms with E-state index < -0.39 is 0 Å². The molecule has 0 fully saturated rings. The molecule has 8 nitrogen and oxygen atoms in total. The number of carbonyl (C=O) groups excluding carboxylic acids is 1. The number of aromatic nitrogens is 4. The van der Waals surface area contributed by atoms with Crippen LogP contribution in [0.5, 0.6) is 0 Å². The van der Waals surface area contributed by atoms with E-state index in [0.717, 1.165) is 33.3 Å². The Hall–Kier alpha value is -5.37. The molecule has 40 heavy (non-hydrogen) atoms. The van der Waals surface area contributed by atoms with Crippen molar-refractivity contribution in [1.29, 1.82) is 0 Å². The second kappa shape index (κ2) is 10.1. The standard InChI is InChI=1S/C32H26N6O2/c1-19-8-12-25(35-30(39)23-11-10-21-6-4-5-7-22(21)14-23)16-27(19)28-15-24-17-34-32(37-29(24)31(40)38(28)3)36-26-13-9-20(2)33-18-26/h4-18H,1-3H3,(H,35,39)(H,34,36,37). The Balaban J connectivity index is 1.32. The zero-order valence-electron chi connectivity index (χ0n) is 22.3. The van der Waals surface area contributed by atoms with Crippen LogP contribution in [0.2, 0.25) is 0 Å². The maximum atomic E-state index is 13.4. The molecule has 0 saturated carbocycles. The van der Waals surface area contributed by atoms with Gasteiger partial charge in [0.15, 0.2) is 0 Å². The van der Waals surface area contributed by atoms with E-state index in [-0.39, 0.29) is 11.5 Å². The van der Waals surface area contributed by atoms with E-state index in [1.54, 1.807) is 24.0 Å². The minimum atomic E-state index is -0.245. The first kappa shape index (κ1) is 24.9. The third kappa shape index (κ3) is 4.78. The Morgan fingerprint density at radius 3 is 2.40 bits per heavy atom. The first-order chi connectivity index (χ1) is 19.4. The normalized spacial score (nSPS) is 11.1. The summed E-state index contributed by atoms with van der Waals surface area (Å²) in [6.45, 7) is 3.88. The van der Waals surface area contributed by atoms with Gasteiger partial charge in [-0.3, -0.25) is 14.6 Å². The topological polar surface area (TPSA) is 102 Å². The molecular formula is C32H26N6O2. The summed E-state index contributed by atoms with van der Waals surface area (Å²) in [6, 6.07) is 24.9. The molecule has 1 amide bonds. The van der Waals surface area contributed by atoms with Crippen LogP contribution in [0.1, 0.15) is 21.6 Å². The van der Waals surface area contributed by atoms with Gasteiger partial charge in [-0.05, 0) is 72.6 Å². The van der Waals surface area contributed by atoms with Crippen molar-refractivity contribution in [2.24, 2.45) is 7.05 Å². The quantitative estimate of drug-likeness (QED) is 0.279. The van der Waals surface area contributed by atoms with Crippen LogP contribution in [-0.4, -0.2) is 25.4 Å². The number of hydrogen-bond donors (Lipinski definition) is 2. The second-order valence-electron chi connectivity index (χ2n) is 9.75. The van der Waals surface area contributed by atoms with E-state index >= 15 is 0 Å². The number of pyridine rings is 2. The number of amides is 1. The highest BCUT2D eigenvalue weighted by Gasteiger charge is 2.15. The van der Waals surface area contributed by atoms with Crippen molar-refractivity contribution < 1.29 is 4.79 Å². The third-order valence-electron chi connectivity index (χ3n) is 6.93. The smallest absolute Gasteiger partial charge is 0.277 e. The fourth-order valence-corrected chi connectivity index (χ4v) is 4.68. The van der Waals surface area contributed by atoms with Gasteiger partial charge in [0, 0.05) is 41.1 Å². The summed E-state index contributed by atoms with van der Waals surface area (Å²) < 4.78 is 1.57. The van der Waals surface area contributed by atoms with E-state index in [1.165, 1.54) is 0 Å². The molecular weight excluding hydrogens is 500 g/mol. The minimum absolute atomic E-state index is 0.204. The van der Waals surface area contributed by atoms with Crippen molar-refractivity contribution in [2.45, 2.75) is 13.8 Å². The predicted octanol–water partition coefficient (Wildman–Crippen LogP) is 6.16. The molecule has 0 unspecified atom stereocenters. The van der Waals surface area contributed by atoms with E-state index in [0.29, 0.717) is 33.8 Å². The highest BCUT2D eigenvalue weighted by molar-refractivity contribution is 6.06. The van der Waals surface area contributed by atoms with Crippen molar-refractivity contribution in [3.05, 3.63) is 118 Å². The molecule has 8 heteroatoms. The fourth-order valence-electron chi connectivity index (χ4n) is 4.68. The van der Waals surface area contributed by atoms with Crippen molar-refractivity contribution in [2.75, 3.05) is 10.6 Å². The molecule has 196 valence electrons. The molecule has 6 rings (SSSR count). The number of nitrogens with zero attached hydrogens (tertiary/aromatic N) is 4. The average Bonchev–Trinajstić information content (AvgIpc) is 2.97. The molecule has 0 spiro atoms. The SMILES string of the molecule is Cc1ccc(Nc2ncc3cc(-c4cc(NC(=O)c5ccc6ccccc6c5)ccc4C)n(C)c(=O)c3n2)cn1. The summed E-state index contributed by atoms with van der Waals surface area (Å²) in [5, 5.41) is 8.80. The van der Waals surface area contributed by atoms with Crippen LogP contribution in [-0.2, 0) is 7.05 Å². The number of hydrogen-bond acceptors (Lipinski definition) is 6. The third-order valence-corrected chi connectivity index (χ3v) is 6.93. The number of carbonyl (C=O) groups is 1. The van der Waals surface area contributed by atoms with Crippen molar-refractivity contribution in [3.63, 3.8) is 0 Å². The number of fused-ring (bicyclic) bond motifs is 2. The van der Waals surface area contributed by atoms with Crippen molar-refractivity contribution >= 4 is 44.9 Å². The molecule has 0 bridgehead atoms. The van der Waals surface area contributed by atoms with Gasteiger partial charge >= 0.3 is 0 Å². The molecule has 3 aromatic carbocycles. The van der Waals surface area contributed by atoms with Crippen molar-refractivity contribution in [1.82, 2.24) is 19.5 Å². The van der Waals surface area contributed by atoms with Crippen LogP contribution in [0.3, 0.4) is 0 Å². The average molecular weight is 527 g/mol. The molecule has 0 aliphatic carbocycles.